The van der Waals surface area contributed by atoms with Crippen LogP contribution in [0.2, 0.25) is 5.02 Å². The van der Waals surface area contributed by atoms with E-state index in [-0.39, 0.29) is 28.7 Å². The predicted molar refractivity (Wildman–Crippen MR) is 111 cm³/mol. The van der Waals surface area contributed by atoms with Crippen molar-refractivity contribution >= 4 is 55.6 Å². The highest BCUT2D eigenvalue weighted by atomic mass is 35.5. The lowest BCUT2D eigenvalue weighted by Gasteiger charge is -2.08. The van der Waals surface area contributed by atoms with E-state index < -0.39 is 9.84 Å². The molecule has 0 spiro atoms. The Morgan fingerprint density at radius 3 is 2.37 bits per heavy atom. The van der Waals surface area contributed by atoms with E-state index in [4.69, 9.17) is 11.6 Å². The molecular weight excluding hydrogens is 406 g/mol. The van der Waals surface area contributed by atoms with Gasteiger partial charge in [-0.25, -0.2) is 8.42 Å². The highest BCUT2D eigenvalue weighted by Crippen LogP contribution is 2.34. The number of hydrogen-bond donors (Lipinski definition) is 2. The molecule has 1 saturated heterocycles. The van der Waals surface area contributed by atoms with Crippen molar-refractivity contribution < 1.29 is 13.2 Å². The molecular formula is C18H16ClN3O3S2. The van der Waals surface area contributed by atoms with Gasteiger partial charge in [-0.05, 0) is 48.5 Å². The van der Waals surface area contributed by atoms with Crippen LogP contribution in [-0.2, 0) is 9.84 Å². The number of thioether (sulfide) groups is 1. The molecule has 2 heterocycles. The number of halogens is 1. The maximum atomic E-state index is 12.3. The van der Waals surface area contributed by atoms with E-state index in [2.05, 4.69) is 15.6 Å². The van der Waals surface area contributed by atoms with E-state index in [1.807, 2.05) is 0 Å². The Balaban J connectivity index is 1.38. The Morgan fingerprint density at radius 1 is 1.04 bits per heavy atom. The molecule has 0 aromatic heterocycles. The molecule has 2 atom stereocenters. The molecule has 140 valence electrons. The van der Waals surface area contributed by atoms with Gasteiger partial charge in [-0.3, -0.25) is 9.79 Å². The molecule has 2 aromatic carbocycles. The molecule has 0 bridgehead atoms. The van der Waals surface area contributed by atoms with Crippen LogP contribution < -0.4 is 10.6 Å². The van der Waals surface area contributed by atoms with Gasteiger partial charge in [0, 0.05) is 27.2 Å². The predicted octanol–water partition coefficient (Wildman–Crippen LogP) is 3.27. The van der Waals surface area contributed by atoms with Gasteiger partial charge < -0.3 is 10.6 Å². The van der Waals surface area contributed by atoms with Gasteiger partial charge in [0.05, 0.1) is 17.5 Å². The highest BCUT2D eigenvalue weighted by Gasteiger charge is 2.42. The molecule has 9 heteroatoms. The largest absolute Gasteiger partial charge is 0.335 e. The van der Waals surface area contributed by atoms with Crippen LogP contribution in [0.5, 0.6) is 0 Å². The molecule has 2 N–H and O–H groups in total. The van der Waals surface area contributed by atoms with Crippen LogP contribution in [0.25, 0.3) is 0 Å². The number of fused-ring (bicyclic) bond motifs is 1. The van der Waals surface area contributed by atoms with Crippen molar-refractivity contribution in [2.75, 3.05) is 22.1 Å². The maximum Gasteiger partial charge on any atom is 0.255 e. The monoisotopic (exact) mass is 421 g/mol. The second-order valence-electron chi connectivity index (χ2n) is 6.40. The summed E-state index contributed by atoms with van der Waals surface area (Å²) in [5.41, 5.74) is 2.00. The van der Waals surface area contributed by atoms with Crippen molar-refractivity contribution in [3.05, 3.63) is 59.1 Å². The molecule has 4 rings (SSSR count). The first-order valence-electron chi connectivity index (χ1n) is 8.27. The van der Waals surface area contributed by atoms with E-state index in [9.17, 15) is 13.2 Å². The SMILES string of the molecule is O=C(Nc1ccc(Cl)cc1)c1ccc(NC2=NC3CS(=O)(=O)CC3S2)cc1. The summed E-state index contributed by atoms with van der Waals surface area (Å²) in [6.07, 6.45) is 0. The Labute approximate surface area is 166 Å². The summed E-state index contributed by atoms with van der Waals surface area (Å²) < 4.78 is 23.2. The van der Waals surface area contributed by atoms with Gasteiger partial charge in [0.1, 0.15) is 0 Å². The van der Waals surface area contributed by atoms with Crippen molar-refractivity contribution in [2.45, 2.75) is 11.3 Å². The minimum Gasteiger partial charge on any atom is -0.335 e. The second-order valence-corrected chi connectivity index (χ2v) is 10.2. The van der Waals surface area contributed by atoms with E-state index in [0.717, 1.165) is 10.9 Å². The standard InChI is InChI=1S/C18H16ClN3O3S2/c19-12-3-7-13(8-4-12)20-17(23)11-1-5-14(6-2-11)21-18-22-15-9-27(24,25)10-16(15)26-18/h1-8,15-16H,9-10H2,(H,20,23)(H,21,22). The first-order chi connectivity index (χ1) is 12.9. The van der Waals surface area contributed by atoms with Crippen molar-refractivity contribution in [2.24, 2.45) is 4.99 Å². The van der Waals surface area contributed by atoms with Crippen LogP contribution in [0.4, 0.5) is 11.4 Å². The number of aliphatic imine (C=N–C) groups is 1. The number of anilines is 2. The summed E-state index contributed by atoms with van der Waals surface area (Å²) in [6.45, 7) is 0. The summed E-state index contributed by atoms with van der Waals surface area (Å²) in [5, 5.41) is 7.33. The zero-order valence-electron chi connectivity index (χ0n) is 14.1. The molecule has 6 nitrogen and oxygen atoms in total. The van der Waals surface area contributed by atoms with Crippen molar-refractivity contribution in [1.29, 1.82) is 0 Å². The number of nitrogens with one attached hydrogen (secondary N) is 2. The van der Waals surface area contributed by atoms with Crippen LogP contribution in [0.15, 0.2) is 53.5 Å². The fourth-order valence-corrected chi connectivity index (χ4v) is 6.78. The molecule has 0 radical (unpaired) electrons. The zero-order chi connectivity index (χ0) is 19.0. The Hall–Kier alpha value is -2.03. The molecule has 1 amide bonds. The quantitative estimate of drug-likeness (QED) is 0.794. The van der Waals surface area contributed by atoms with Gasteiger partial charge >= 0.3 is 0 Å². The lowest BCUT2D eigenvalue weighted by molar-refractivity contribution is 0.102. The van der Waals surface area contributed by atoms with Gasteiger partial charge in [0.2, 0.25) is 0 Å². The summed E-state index contributed by atoms with van der Waals surface area (Å²) in [4.78, 5) is 16.8. The summed E-state index contributed by atoms with van der Waals surface area (Å²) in [6, 6.07) is 13.8. The Morgan fingerprint density at radius 2 is 1.70 bits per heavy atom. The maximum absolute atomic E-state index is 12.3. The minimum atomic E-state index is -2.95. The van der Waals surface area contributed by atoms with E-state index >= 15 is 0 Å². The number of amidine groups is 1. The molecule has 0 aliphatic carbocycles. The van der Waals surface area contributed by atoms with Crippen LogP contribution in [0, 0.1) is 0 Å². The molecule has 27 heavy (non-hydrogen) atoms. The van der Waals surface area contributed by atoms with Crippen LogP contribution in [-0.4, -0.2) is 42.3 Å². The fraction of sp³-hybridized carbons (Fsp3) is 0.222. The number of nitrogens with zero attached hydrogens (tertiary/aromatic N) is 1. The van der Waals surface area contributed by atoms with Crippen molar-refractivity contribution in [3.8, 4) is 0 Å². The molecule has 1 fully saturated rings. The lowest BCUT2D eigenvalue weighted by Crippen LogP contribution is -2.13. The van der Waals surface area contributed by atoms with Gasteiger partial charge in [-0.2, -0.15) is 0 Å². The average molecular weight is 422 g/mol. The topological polar surface area (TPSA) is 87.6 Å². The third-order valence-corrected chi connectivity index (χ3v) is 7.71. The van der Waals surface area contributed by atoms with Gasteiger partial charge in [-0.1, -0.05) is 23.4 Å². The number of amides is 1. The first-order valence-corrected chi connectivity index (χ1v) is 11.3. The van der Waals surface area contributed by atoms with Crippen LogP contribution in [0.3, 0.4) is 0 Å². The molecule has 2 aliphatic heterocycles. The van der Waals surface area contributed by atoms with Crippen molar-refractivity contribution in [3.63, 3.8) is 0 Å². The van der Waals surface area contributed by atoms with Gasteiger partial charge in [0.15, 0.2) is 15.0 Å². The smallest absolute Gasteiger partial charge is 0.255 e. The molecule has 2 aromatic rings. The third kappa shape index (κ3) is 4.28. The number of sulfone groups is 1. The minimum absolute atomic E-state index is 0.00178. The van der Waals surface area contributed by atoms with Crippen LogP contribution in [0.1, 0.15) is 10.4 Å². The number of rotatable bonds is 3. The normalized spacial score (nSPS) is 22.8. The Bertz CT molecular complexity index is 1010. The molecule has 0 saturated carbocycles. The molecule has 2 aliphatic rings. The summed E-state index contributed by atoms with van der Waals surface area (Å²) in [7, 11) is -2.95. The first kappa shape index (κ1) is 18.3. The second kappa shape index (κ2) is 7.18. The fourth-order valence-electron chi connectivity index (χ4n) is 2.98. The van der Waals surface area contributed by atoms with Gasteiger partial charge in [-0.15, -0.1) is 0 Å². The highest BCUT2D eigenvalue weighted by molar-refractivity contribution is 8.15. The molecule has 2 unspecified atom stereocenters. The third-order valence-electron chi connectivity index (χ3n) is 4.32. The number of carbonyl (C=O) groups is 1. The summed E-state index contributed by atoms with van der Waals surface area (Å²) >= 11 is 7.30. The number of benzene rings is 2. The number of hydrogen-bond acceptors (Lipinski definition) is 6. The number of carbonyl (C=O) groups excluding carboxylic acids is 1. The van der Waals surface area contributed by atoms with Gasteiger partial charge in [0.25, 0.3) is 5.91 Å². The summed E-state index contributed by atoms with van der Waals surface area (Å²) in [5.74, 6) is 0.0942. The zero-order valence-corrected chi connectivity index (χ0v) is 16.4. The van der Waals surface area contributed by atoms with Crippen molar-refractivity contribution in [1.82, 2.24) is 0 Å². The van der Waals surface area contributed by atoms with E-state index in [0.29, 0.717) is 16.3 Å². The lowest BCUT2D eigenvalue weighted by atomic mass is 10.2. The van der Waals surface area contributed by atoms with E-state index in [1.165, 1.54) is 11.8 Å². The van der Waals surface area contributed by atoms with E-state index in [1.54, 1.807) is 48.5 Å². The average Bonchev–Trinajstić information content (AvgIpc) is 3.10. The van der Waals surface area contributed by atoms with Crippen LogP contribution >= 0.6 is 23.4 Å². The Kier molecular flexibility index (Phi) is 4.88.